The number of carbonyl (C=O) groups is 1. The molecule has 1 aliphatic rings. The fourth-order valence-corrected chi connectivity index (χ4v) is 2.53. The van der Waals surface area contributed by atoms with Crippen molar-refractivity contribution in [3.63, 3.8) is 0 Å². The summed E-state index contributed by atoms with van der Waals surface area (Å²) in [7, 11) is 0. The Balaban J connectivity index is 1.69. The molecule has 1 fully saturated rings. The summed E-state index contributed by atoms with van der Waals surface area (Å²) in [5, 5.41) is 0. The molecule has 1 saturated heterocycles. The second kappa shape index (κ2) is 7.09. The monoisotopic (exact) mass is 298 g/mol. The van der Waals surface area contributed by atoms with Crippen molar-refractivity contribution in [3.05, 3.63) is 54.4 Å². The van der Waals surface area contributed by atoms with Crippen LogP contribution < -0.4 is 0 Å². The first kappa shape index (κ1) is 14.6. The average molecular weight is 298 g/mol. The molecule has 1 aliphatic heterocycles. The molecule has 0 aromatic carbocycles. The maximum Gasteiger partial charge on any atom is 0.272 e. The second-order valence-corrected chi connectivity index (χ2v) is 5.28. The molecular formula is C16H18N4O2. The normalized spacial score (nSPS) is 18.7. The van der Waals surface area contributed by atoms with Gasteiger partial charge < -0.3 is 9.64 Å². The largest absolute Gasteiger partial charge is 0.379 e. The van der Waals surface area contributed by atoms with Crippen LogP contribution in [0.4, 0.5) is 0 Å². The molecule has 0 bridgehead atoms. The molecular weight excluding hydrogens is 280 g/mol. The van der Waals surface area contributed by atoms with Gasteiger partial charge in [-0.3, -0.25) is 9.78 Å². The Hall–Kier alpha value is -2.34. The van der Waals surface area contributed by atoms with Crippen molar-refractivity contribution >= 4 is 5.91 Å². The number of hydrogen-bond donors (Lipinski definition) is 0. The third-order valence-electron chi connectivity index (χ3n) is 3.60. The van der Waals surface area contributed by atoms with Gasteiger partial charge in [0.05, 0.1) is 13.2 Å². The number of pyridine rings is 1. The lowest BCUT2D eigenvalue weighted by Gasteiger charge is -2.22. The van der Waals surface area contributed by atoms with Gasteiger partial charge in [0, 0.05) is 44.0 Å². The summed E-state index contributed by atoms with van der Waals surface area (Å²) >= 11 is 0. The fraction of sp³-hybridized carbons (Fsp3) is 0.375. The first-order valence-corrected chi connectivity index (χ1v) is 7.37. The summed E-state index contributed by atoms with van der Waals surface area (Å²) in [6, 6.07) is 7.16. The Morgan fingerprint density at radius 3 is 2.77 bits per heavy atom. The van der Waals surface area contributed by atoms with Crippen molar-refractivity contribution in [2.24, 2.45) is 5.92 Å². The zero-order chi connectivity index (χ0) is 15.2. The van der Waals surface area contributed by atoms with Gasteiger partial charge in [-0.2, -0.15) is 0 Å². The Morgan fingerprint density at radius 2 is 2.00 bits per heavy atom. The predicted molar refractivity (Wildman–Crippen MR) is 80.2 cm³/mol. The van der Waals surface area contributed by atoms with Gasteiger partial charge >= 0.3 is 0 Å². The van der Waals surface area contributed by atoms with Crippen LogP contribution >= 0.6 is 0 Å². The van der Waals surface area contributed by atoms with Crippen molar-refractivity contribution in [3.8, 4) is 0 Å². The lowest BCUT2D eigenvalue weighted by molar-refractivity contribution is 0.0731. The van der Waals surface area contributed by atoms with Crippen LogP contribution in [-0.4, -0.2) is 52.1 Å². The highest BCUT2D eigenvalue weighted by atomic mass is 16.5. The minimum atomic E-state index is -0.0509. The molecule has 1 unspecified atom stereocenters. The molecule has 0 N–H and O–H groups in total. The van der Waals surface area contributed by atoms with Crippen LogP contribution in [0.2, 0.25) is 0 Å². The molecule has 2 aromatic heterocycles. The van der Waals surface area contributed by atoms with Crippen LogP contribution in [0.25, 0.3) is 0 Å². The average Bonchev–Trinajstić information content (AvgIpc) is 2.81. The topological polar surface area (TPSA) is 68.2 Å². The fourth-order valence-electron chi connectivity index (χ4n) is 2.53. The van der Waals surface area contributed by atoms with Gasteiger partial charge in [0.1, 0.15) is 11.5 Å². The van der Waals surface area contributed by atoms with Crippen LogP contribution in [0, 0.1) is 5.92 Å². The number of amides is 1. The predicted octanol–water partition coefficient (Wildman–Crippen LogP) is 1.20. The Labute approximate surface area is 129 Å². The van der Waals surface area contributed by atoms with E-state index in [0.717, 1.165) is 5.82 Å². The summed E-state index contributed by atoms with van der Waals surface area (Å²) in [5.41, 5.74) is 0.471. The molecule has 0 aliphatic carbocycles. The van der Waals surface area contributed by atoms with Gasteiger partial charge in [-0.25, -0.2) is 9.97 Å². The smallest absolute Gasteiger partial charge is 0.272 e. The van der Waals surface area contributed by atoms with E-state index in [1.54, 1.807) is 36.8 Å². The highest BCUT2D eigenvalue weighted by Gasteiger charge is 2.24. The molecule has 0 radical (unpaired) electrons. The summed E-state index contributed by atoms with van der Waals surface area (Å²) in [5.74, 6) is 0.922. The molecule has 114 valence electrons. The number of carbonyl (C=O) groups excluding carboxylic acids is 1. The number of nitrogens with zero attached hydrogens (tertiary/aromatic N) is 4. The molecule has 0 saturated carbocycles. The number of ether oxygens (including phenoxy) is 1. The van der Waals surface area contributed by atoms with E-state index in [2.05, 4.69) is 15.0 Å². The highest BCUT2D eigenvalue weighted by Crippen LogP contribution is 2.13. The lowest BCUT2D eigenvalue weighted by atomic mass is 10.1. The van der Waals surface area contributed by atoms with Gasteiger partial charge in [0.25, 0.3) is 5.91 Å². The molecule has 0 spiro atoms. The third-order valence-corrected chi connectivity index (χ3v) is 3.60. The van der Waals surface area contributed by atoms with Gasteiger partial charge in [0.2, 0.25) is 0 Å². The number of hydrogen-bond acceptors (Lipinski definition) is 5. The minimum Gasteiger partial charge on any atom is -0.379 e. The van der Waals surface area contributed by atoms with E-state index in [4.69, 9.17) is 4.74 Å². The summed E-state index contributed by atoms with van der Waals surface area (Å²) < 4.78 is 5.63. The summed E-state index contributed by atoms with van der Waals surface area (Å²) in [4.78, 5) is 27.0. The van der Waals surface area contributed by atoms with Gasteiger partial charge in [-0.15, -0.1) is 0 Å². The molecule has 22 heavy (non-hydrogen) atoms. The Bertz CT molecular complexity index is 606. The SMILES string of the molecule is O=C(c1ccccn1)N1CCOCC(Cc2ncccn2)C1. The van der Waals surface area contributed by atoms with Crippen LogP contribution in [0.15, 0.2) is 42.9 Å². The zero-order valence-corrected chi connectivity index (χ0v) is 12.3. The second-order valence-electron chi connectivity index (χ2n) is 5.28. The Morgan fingerprint density at radius 1 is 1.18 bits per heavy atom. The van der Waals surface area contributed by atoms with Gasteiger partial charge in [-0.1, -0.05) is 6.07 Å². The minimum absolute atomic E-state index is 0.0509. The van der Waals surface area contributed by atoms with E-state index in [0.29, 0.717) is 38.4 Å². The van der Waals surface area contributed by atoms with Crippen LogP contribution in [-0.2, 0) is 11.2 Å². The molecule has 6 heteroatoms. The highest BCUT2D eigenvalue weighted by molar-refractivity contribution is 5.92. The van der Waals surface area contributed by atoms with E-state index >= 15 is 0 Å². The maximum absolute atomic E-state index is 12.5. The first-order valence-electron chi connectivity index (χ1n) is 7.37. The molecule has 2 aromatic rings. The van der Waals surface area contributed by atoms with Crippen molar-refractivity contribution in [2.75, 3.05) is 26.3 Å². The molecule has 1 amide bonds. The zero-order valence-electron chi connectivity index (χ0n) is 12.3. The van der Waals surface area contributed by atoms with Crippen molar-refractivity contribution in [1.82, 2.24) is 19.9 Å². The Kier molecular flexibility index (Phi) is 4.70. The van der Waals surface area contributed by atoms with E-state index in [1.165, 1.54) is 0 Å². The van der Waals surface area contributed by atoms with E-state index in [1.807, 2.05) is 11.0 Å². The third kappa shape index (κ3) is 3.65. The lowest BCUT2D eigenvalue weighted by Crippen LogP contribution is -2.37. The molecule has 1 atom stereocenters. The quantitative estimate of drug-likeness (QED) is 0.852. The molecule has 6 nitrogen and oxygen atoms in total. The van der Waals surface area contributed by atoms with Gasteiger partial charge in [0.15, 0.2) is 0 Å². The standard InChI is InChI=1S/C16H18N4O2/c21-16(14-4-1-2-5-17-14)20-8-9-22-12-13(11-20)10-15-18-6-3-7-19-15/h1-7,13H,8-12H2. The number of rotatable bonds is 3. The summed E-state index contributed by atoms with van der Waals surface area (Å²) in [6.45, 7) is 2.38. The summed E-state index contributed by atoms with van der Waals surface area (Å²) in [6.07, 6.45) is 5.80. The van der Waals surface area contributed by atoms with Crippen molar-refractivity contribution < 1.29 is 9.53 Å². The van der Waals surface area contributed by atoms with Crippen LogP contribution in [0.5, 0.6) is 0 Å². The van der Waals surface area contributed by atoms with Gasteiger partial charge in [-0.05, 0) is 18.2 Å². The first-order chi connectivity index (χ1) is 10.8. The van der Waals surface area contributed by atoms with Crippen LogP contribution in [0.1, 0.15) is 16.3 Å². The van der Waals surface area contributed by atoms with Crippen molar-refractivity contribution in [2.45, 2.75) is 6.42 Å². The molecule has 3 heterocycles. The maximum atomic E-state index is 12.5. The van der Waals surface area contributed by atoms with E-state index in [9.17, 15) is 4.79 Å². The van der Waals surface area contributed by atoms with E-state index in [-0.39, 0.29) is 11.8 Å². The van der Waals surface area contributed by atoms with E-state index < -0.39 is 0 Å². The molecule has 3 rings (SSSR count). The van der Waals surface area contributed by atoms with Crippen LogP contribution in [0.3, 0.4) is 0 Å². The van der Waals surface area contributed by atoms with Crippen molar-refractivity contribution in [1.29, 1.82) is 0 Å². The number of aromatic nitrogens is 3.